The molecule has 2 aliphatic heterocycles. The summed E-state index contributed by atoms with van der Waals surface area (Å²) in [5.41, 5.74) is 4.47. The van der Waals surface area contributed by atoms with Crippen molar-refractivity contribution in [2.75, 3.05) is 14.1 Å². The molecule has 35 heavy (non-hydrogen) atoms. The zero-order valence-electron chi connectivity index (χ0n) is 21.7. The van der Waals surface area contributed by atoms with Gasteiger partial charge in [0.05, 0.1) is 11.2 Å². The molecule has 3 aliphatic carbocycles. The maximum absolute atomic E-state index is 7.43. The summed E-state index contributed by atoms with van der Waals surface area (Å²) in [4.78, 5) is 6.80. The summed E-state index contributed by atoms with van der Waals surface area (Å²) in [6.07, 6.45) is 18.3. The van der Waals surface area contributed by atoms with E-state index >= 15 is 0 Å². The highest BCUT2D eigenvalue weighted by molar-refractivity contribution is 5.48. The molecule has 0 N–H and O–H groups in total. The predicted molar refractivity (Wildman–Crippen MR) is 144 cm³/mol. The Bertz CT molecular complexity index is 1260. The lowest BCUT2D eigenvalue weighted by Crippen LogP contribution is -2.55. The van der Waals surface area contributed by atoms with Gasteiger partial charge in [-0.25, -0.2) is 0 Å². The van der Waals surface area contributed by atoms with E-state index in [1.165, 1.54) is 49.7 Å². The molecule has 0 radical (unpaired) electrons. The average molecular weight is 469 g/mol. The number of hydrogen-bond donors (Lipinski definition) is 0. The molecule has 3 nitrogen and oxygen atoms in total. The molecule has 0 unspecified atom stereocenters. The Balaban J connectivity index is 1.41. The second-order valence-corrected chi connectivity index (χ2v) is 12.3. The number of ether oxygens (including phenoxy) is 1. The molecule has 1 aromatic heterocycles. The zero-order valence-corrected chi connectivity index (χ0v) is 21.7. The van der Waals surface area contributed by atoms with Crippen LogP contribution in [0.15, 0.2) is 60.0 Å². The van der Waals surface area contributed by atoms with Crippen molar-refractivity contribution in [1.82, 2.24) is 9.88 Å². The molecule has 2 bridgehead atoms. The zero-order chi connectivity index (χ0) is 24.4. The predicted octanol–water partition coefficient (Wildman–Crippen LogP) is 5.20. The number of hydrogen-bond acceptors (Lipinski definition) is 3. The molecule has 0 amide bonds. The Morgan fingerprint density at radius 1 is 1.06 bits per heavy atom. The summed E-state index contributed by atoms with van der Waals surface area (Å²) in [7, 11) is 4.47. The van der Waals surface area contributed by atoms with Crippen molar-refractivity contribution >= 4 is 13.2 Å². The Kier molecular flexibility index (Phi) is 5.40. The van der Waals surface area contributed by atoms with E-state index in [2.05, 4.69) is 74.4 Å². The molecule has 3 heterocycles. The highest BCUT2D eigenvalue weighted by Gasteiger charge is 2.66. The Morgan fingerprint density at radius 2 is 1.91 bits per heavy atom. The number of rotatable bonds is 2. The van der Waals surface area contributed by atoms with E-state index in [9.17, 15) is 0 Å². The minimum absolute atomic E-state index is 0.0364. The average Bonchev–Trinajstić information content (AvgIpc) is 3.34. The number of fused-ring (bicyclic) bond motifs is 1. The van der Waals surface area contributed by atoms with Crippen LogP contribution in [0.4, 0.5) is 0 Å². The minimum atomic E-state index is -0.107. The van der Waals surface area contributed by atoms with Gasteiger partial charge in [0.15, 0.2) is 0 Å². The van der Waals surface area contributed by atoms with Crippen molar-refractivity contribution in [3.05, 3.63) is 76.0 Å². The SMILES string of the molecule is C=c1ccncc(=C)cc([C@H]2CC[C@@H]3[C@]2(C)CC=C2C=C4CC[C@H](N(C)C)C[C@]45CC[C@@]23O5)cc1. The fraction of sp³-hybridized carbons (Fsp3) is 0.531. The van der Waals surface area contributed by atoms with Crippen LogP contribution in [0, 0.1) is 11.3 Å². The van der Waals surface area contributed by atoms with E-state index in [4.69, 9.17) is 4.74 Å². The van der Waals surface area contributed by atoms with Gasteiger partial charge in [-0.3, -0.25) is 4.98 Å². The Hall–Kier alpha value is -2.23. The minimum Gasteiger partial charge on any atom is -0.359 e. The van der Waals surface area contributed by atoms with Gasteiger partial charge in [0.2, 0.25) is 0 Å². The van der Waals surface area contributed by atoms with Crippen LogP contribution in [0.5, 0.6) is 0 Å². The van der Waals surface area contributed by atoms with Gasteiger partial charge in [-0.15, -0.1) is 0 Å². The highest BCUT2D eigenvalue weighted by Crippen LogP contribution is 2.69. The largest absolute Gasteiger partial charge is 0.359 e. The molecule has 184 valence electrons. The first-order valence-corrected chi connectivity index (χ1v) is 13.5. The van der Waals surface area contributed by atoms with Crippen LogP contribution in [0.2, 0.25) is 0 Å². The molecule has 2 saturated carbocycles. The topological polar surface area (TPSA) is 25.4 Å². The molecule has 1 aromatic rings. The van der Waals surface area contributed by atoms with E-state index in [1.54, 1.807) is 11.8 Å². The maximum Gasteiger partial charge on any atom is 0.0974 e. The van der Waals surface area contributed by atoms with E-state index in [0.717, 1.165) is 23.3 Å². The second kappa shape index (κ2) is 8.15. The summed E-state index contributed by atoms with van der Waals surface area (Å²) in [5, 5.41) is 1.93. The van der Waals surface area contributed by atoms with Crippen molar-refractivity contribution in [3.8, 4) is 0 Å². The first-order valence-electron chi connectivity index (χ1n) is 13.5. The molecule has 3 heteroatoms. The number of nitrogens with zero attached hydrogens (tertiary/aromatic N) is 2. The molecular weight excluding hydrogens is 428 g/mol. The first kappa shape index (κ1) is 23.2. The lowest BCUT2D eigenvalue weighted by Gasteiger charge is -2.54. The Labute approximate surface area is 210 Å². The van der Waals surface area contributed by atoms with Gasteiger partial charge >= 0.3 is 0 Å². The van der Waals surface area contributed by atoms with Crippen LogP contribution in [0.3, 0.4) is 0 Å². The fourth-order valence-electron chi connectivity index (χ4n) is 8.42. The smallest absolute Gasteiger partial charge is 0.0974 e. The molecule has 3 fully saturated rings. The summed E-state index contributed by atoms with van der Waals surface area (Å²) in [6, 6.07) is 9.24. The van der Waals surface area contributed by atoms with Crippen LogP contribution < -0.4 is 10.4 Å². The summed E-state index contributed by atoms with van der Waals surface area (Å²) >= 11 is 0. The van der Waals surface area contributed by atoms with Gasteiger partial charge in [0.1, 0.15) is 0 Å². The van der Waals surface area contributed by atoms with Crippen LogP contribution in [0.1, 0.15) is 69.8 Å². The van der Waals surface area contributed by atoms with Crippen molar-refractivity contribution in [2.45, 2.75) is 81.5 Å². The first-order chi connectivity index (χ1) is 16.8. The van der Waals surface area contributed by atoms with Gasteiger partial charge in [-0.05, 0) is 116 Å². The van der Waals surface area contributed by atoms with Crippen LogP contribution in [-0.4, -0.2) is 41.2 Å². The van der Waals surface area contributed by atoms with E-state index in [1.807, 2.05) is 12.3 Å². The fourth-order valence-corrected chi connectivity index (χ4v) is 8.42. The van der Waals surface area contributed by atoms with Crippen molar-refractivity contribution in [3.63, 3.8) is 0 Å². The summed E-state index contributed by atoms with van der Waals surface area (Å²) in [6.45, 7) is 11.0. The summed E-state index contributed by atoms with van der Waals surface area (Å²) < 4.78 is 7.43. The Morgan fingerprint density at radius 3 is 2.74 bits per heavy atom. The third-order valence-electron chi connectivity index (χ3n) is 10.2. The van der Waals surface area contributed by atoms with Gasteiger partial charge in [0.25, 0.3) is 0 Å². The van der Waals surface area contributed by atoms with Crippen molar-refractivity contribution in [2.24, 2.45) is 11.3 Å². The van der Waals surface area contributed by atoms with Gasteiger partial charge in [-0.2, -0.15) is 0 Å². The van der Waals surface area contributed by atoms with Crippen LogP contribution in [-0.2, 0) is 4.74 Å². The van der Waals surface area contributed by atoms with Crippen molar-refractivity contribution in [1.29, 1.82) is 0 Å². The third-order valence-corrected chi connectivity index (χ3v) is 10.2. The lowest BCUT2D eigenvalue weighted by atomic mass is 9.58. The molecule has 5 aliphatic rings. The second-order valence-electron chi connectivity index (χ2n) is 12.3. The van der Waals surface area contributed by atoms with E-state index in [0.29, 0.717) is 17.9 Å². The highest BCUT2D eigenvalue weighted by atomic mass is 16.5. The van der Waals surface area contributed by atoms with Gasteiger partial charge < -0.3 is 9.64 Å². The maximum atomic E-state index is 7.43. The third kappa shape index (κ3) is 3.49. The molecule has 0 aromatic carbocycles. The molecule has 6 rings (SSSR count). The van der Waals surface area contributed by atoms with Crippen molar-refractivity contribution < 1.29 is 4.74 Å². The van der Waals surface area contributed by atoms with Crippen LogP contribution in [0.25, 0.3) is 13.2 Å². The number of allylic oxidation sites excluding steroid dienone is 1. The number of aromatic nitrogens is 1. The standard InChI is InChI=1S/C32H40N2O/c1-22-6-7-24(18-23(2)21-33-17-13-22)28-10-11-29-30(28,3)14-12-26-19-25-8-9-27(34(4)5)20-31(25)15-16-32(26,29)35-31/h6-7,12-13,17-19,21,27-29H,1-2,8-11,14-16,20H2,3-5H3/t27-,28+,29+,30+,31+,32+/m0/s1. The quantitative estimate of drug-likeness (QED) is 0.597. The molecule has 1 saturated heterocycles. The lowest BCUT2D eigenvalue weighted by molar-refractivity contribution is -0.139. The molecular formula is C32H40N2O. The molecule has 2 spiro atoms. The van der Waals surface area contributed by atoms with Gasteiger partial charge in [0, 0.05) is 18.4 Å². The van der Waals surface area contributed by atoms with E-state index < -0.39 is 0 Å². The van der Waals surface area contributed by atoms with E-state index in [-0.39, 0.29) is 16.6 Å². The van der Waals surface area contributed by atoms with Crippen LogP contribution >= 0.6 is 0 Å². The monoisotopic (exact) mass is 468 g/mol. The molecule has 6 atom stereocenters. The summed E-state index contributed by atoms with van der Waals surface area (Å²) in [5.74, 6) is 1.02. The normalized spacial score (nSPS) is 39.1. The van der Waals surface area contributed by atoms with Gasteiger partial charge in [-0.1, -0.05) is 50.4 Å².